The highest BCUT2D eigenvalue weighted by atomic mass is 35.5. The molecule has 0 saturated heterocycles. The summed E-state index contributed by atoms with van der Waals surface area (Å²) in [5.41, 5.74) is 2.51. The first-order chi connectivity index (χ1) is 19.1. The van der Waals surface area contributed by atoms with Gasteiger partial charge in [-0.05, 0) is 53.8 Å². The van der Waals surface area contributed by atoms with Crippen molar-refractivity contribution in [3.05, 3.63) is 104 Å². The highest BCUT2D eigenvalue weighted by Gasteiger charge is 2.27. The topological polar surface area (TPSA) is 137 Å². The van der Waals surface area contributed by atoms with Crippen molar-refractivity contribution in [1.82, 2.24) is 21.3 Å². The van der Waals surface area contributed by atoms with Crippen LogP contribution in [0.5, 0.6) is 0 Å². The first-order valence-corrected chi connectivity index (χ1v) is 13.1. The number of rotatable bonds is 9. The van der Waals surface area contributed by atoms with E-state index < -0.39 is 42.2 Å². The van der Waals surface area contributed by atoms with Gasteiger partial charge in [0.1, 0.15) is 11.9 Å². The third-order valence-corrected chi connectivity index (χ3v) is 6.98. The van der Waals surface area contributed by atoms with Crippen molar-refractivity contribution in [3.63, 3.8) is 0 Å². The van der Waals surface area contributed by atoms with Crippen LogP contribution in [-0.4, -0.2) is 41.5 Å². The monoisotopic (exact) mass is 586 g/mol. The molecule has 9 nitrogen and oxygen atoms in total. The minimum atomic E-state index is -1.49. The quantitative estimate of drug-likeness (QED) is 0.255. The molecule has 0 saturated carbocycles. The van der Waals surface area contributed by atoms with Crippen molar-refractivity contribution < 1.29 is 28.7 Å². The number of aryl methyl sites for hydroxylation is 1. The van der Waals surface area contributed by atoms with E-state index in [0.29, 0.717) is 5.56 Å². The molecule has 2 unspecified atom stereocenters. The van der Waals surface area contributed by atoms with Crippen LogP contribution in [0, 0.1) is 5.82 Å². The number of fused-ring (bicyclic) bond motifs is 1. The van der Waals surface area contributed by atoms with Crippen LogP contribution in [0.15, 0.2) is 60.7 Å². The van der Waals surface area contributed by atoms with Gasteiger partial charge in [0.2, 0.25) is 0 Å². The van der Waals surface area contributed by atoms with Gasteiger partial charge in [-0.3, -0.25) is 9.59 Å². The molecule has 208 valence electrons. The van der Waals surface area contributed by atoms with E-state index in [4.69, 9.17) is 23.2 Å². The zero-order chi connectivity index (χ0) is 28.8. The van der Waals surface area contributed by atoms with Crippen LogP contribution in [0.4, 0.5) is 9.18 Å². The first kappa shape index (κ1) is 28.8. The van der Waals surface area contributed by atoms with Crippen LogP contribution in [0.3, 0.4) is 0 Å². The highest BCUT2D eigenvalue weighted by molar-refractivity contribution is 6.40. The van der Waals surface area contributed by atoms with E-state index in [0.717, 1.165) is 24.0 Å². The lowest BCUT2D eigenvalue weighted by Gasteiger charge is -2.19. The van der Waals surface area contributed by atoms with Crippen LogP contribution in [0.25, 0.3) is 0 Å². The van der Waals surface area contributed by atoms with Crippen LogP contribution in [0.1, 0.15) is 49.9 Å². The largest absolute Gasteiger partial charge is 0.480 e. The maximum atomic E-state index is 13.4. The molecule has 0 spiro atoms. The predicted octanol–water partition coefficient (Wildman–Crippen LogP) is 4.23. The number of carboxylic acid groups (broad SMARTS) is 1. The summed E-state index contributed by atoms with van der Waals surface area (Å²) < 4.78 is 13.4. The molecule has 4 rings (SSSR count). The van der Waals surface area contributed by atoms with E-state index in [1.807, 2.05) is 24.3 Å². The molecule has 0 aliphatic heterocycles. The Morgan fingerprint density at radius 3 is 2.38 bits per heavy atom. The summed E-state index contributed by atoms with van der Waals surface area (Å²) in [7, 11) is 0. The SMILES string of the molecule is O=C(NCC(NC(=O)c1c(Cl)cc(C(=O)NCc2cccc(F)c2)cc1Cl)C(=O)O)NC1CCc2ccccc21. The number of nitrogens with one attached hydrogen (secondary N) is 4. The number of amides is 4. The van der Waals surface area contributed by atoms with Gasteiger partial charge in [0.15, 0.2) is 0 Å². The molecule has 3 aromatic rings. The number of hydrogen-bond acceptors (Lipinski definition) is 4. The highest BCUT2D eigenvalue weighted by Crippen LogP contribution is 2.30. The molecule has 1 aliphatic rings. The Balaban J connectivity index is 1.35. The molecular weight excluding hydrogens is 562 g/mol. The molecule has 5 N–H and O–H groups in total. The third kappa shape index (κ3) is 7.08. The van der Waals surface area contributed by atoms with E-state index in [1.165, 1.54) is 30.3 Å². The minimum Gasteiger partial charge on any atom is -0.480 e. The standard InChI is InChI=1S/C28H25Cl2FN4O5/c29-20-11-17(25(36)32-13-15-4-3-6-18(31)10-15)12-21(30)24(20)26(37)34-23(27(38)39)14-33-28(40)35-22-9-8-16-5-1-2-7-19(16)22/h1-7,10-12,22-23H,8-9,13-14H2,(H,32,36)(H,34,37)(H,38,39)(H2,33,35,40). The summed E-state index contributed by atoms with van der Waals surface area (Å²) in [6.45, 7) is -0.362. The Morgan fingerprint density at radius 1 is 0.950 bits per heavy atom. The zero-order valence-corrected chi connectivity index (χ0v) is 22.5. The summed E-state index contributed by atoms with van der Waals surface area (Å²) in [5, 5.41) is 19.4. The number of benzene rings is 3. The van der Waals surface area contributed by atoms with Gasteiger partial charge in [-0.2, -0.15) is 0 Å². The summed E-state index contributed by atoms with van der Waals surface area (Å²) in [6.07, 6.45) is 1.55. The summed E-state index contributed by atoms with van der Waals surface area (Å²) >= 11 is 12.5. The van der Waals surface area contributed by atoms with Gasteiger partial charge < -0.3 is 26.4 Å². The van der Waals surface area contributed by atoms with Crippen LogP contribution in [-0.2, 0) is 17.8 Å². The van der Waals surface area contributed by atoms with E-state index in [2.05, 4.69) is 21.3 Å². The summed E-state index contributed by atoms with van der Waals surface area (Å²) in [6, 6.07) is 13.6. The molecule has 2 atom stereocenters. The van der Waals surface area contributed by atoms with E-state index in [1.54, 1.807) is 6.07 Å². The van der Waals surface area contributed by atoms with E-state index >= 15 is 0 Å². The number of aliphatic carboxylic acids is 1. The van der Waals surface area contributed by atoms with Crippen LogP contribution >= 0.6 is 23.2 Å². The number of halogens is 3. The van der Waals surface area contributed by atoms with Gasteiger partial charge in [0.25, 0.3) is 11.8 Å². The van der Waals surface area contributed by atoms with Gasteiger partial charge in [0.05, 0.1) is 28.2 Å². The Kier molecular flexibility index (Phi) is 9.23. The van der Waals surface area contributed by atoms with Gasteiger partial charge >= 0.3 is 12.0 Å². The lowest BCUT2D eigenvalue weighted by molar-refractivity contribution is -0.139. The lowest BCUT2D eigenvalue weighted by Crippen LogP contribution is -2.50. The van der Waals surface area contributed by atoms with Gasteiger partial charge in [-0.25, -0.2) is 14.0 Å². The number of hydrogen-bond donors (Lipinski definition) is 5. The second-order valence-corrected chi connectivity index (χ2v) is 9.95. The normalized spacial score (nSPS) is 14.5. The Bertz CT molecular complexity index is 1450. The molecular formula is C28H25Cl2FN4O5. The Labute approximate surface area is 239 Å². The minimum absolute atomic E-state index is 0.0438. The third-order valence-electron chi connectivity index (χ3n) is 6.38. The zero-order valence-electron chi connectivity index (χ0n) is 21.0. The molecule has 4 amide bonds. The fourth-order valence-electron chi connectivity index (χ4n) is 4.39. The number of carboxylic acids is 1. The predicted molar refractivity (Wildman–Crippen MR) is 147 cm³/mol. The fourth-order valence-corrected chi connectivity index (χ4v) is 5.05. The number of carbonyl (C=O) groups excluding carboxylic acids is 3. The maximum absolute atomic E-state index is 13.4. The van der Waals surface area contributed by atoms with Crippen molar-refractivity contribution in [1.29, 1.82) is 0 Å². The average molecular weight is 587 g/mol. The number of carbonyl (C=O) groups is 4. The molecule has 0 bridgehead atoms. The van der Waals surface area contributed by atoms with E-state index in [-0.39, 0.29) is 33.8 Å². The smallest absolute Gasteiger partial charge is 0.328 e. The Morgan fingerprint density at radius 2 is 1.68 bits per heavy atom. The van der Waals surface area contributed by atoms with Gasteiger partial charge in [-0.1, -0.05) is 59.6 Å². The van der Waals surface area contributed by atoms with Crippen molar-refractivity contribution >= 4 is 47.0 Å². The molecule has 40 heavy (non-hydrogen) atoms. The lowest BCUT2D eigenvalue weighted by atomic mass is 10.1. The average Bonchev–Trinajstić information content (AvgIpc) is 3.31. The molecule has 12 heteroatoms. The van der Waals surface area contributed by atoms with Gasteiger partial charge in [-0.15, -0.1) is 0 Å². The second-order valence-electron chi connectivity index (χ2n) is 9.14. The molecule has 0 heterocycles. The van der Waals surface area contributed by atoms with Crippen LogP contribution < -0.4 is 21.3 Å². The number of urea groups is 1. The molecule has 3 aromatic carbocycles. The van der Waals surface area contributed by atoms with E-state index in [9.17, 15) is 28.7 Å². The fraction of sp³-hybridized carbons (Fsp3) is 0.214. The van der Waals surface area contributed by atoms with Crippen molar-refractivity contribution in [2.45, 2.75) is 31.5 Å². The Hall–Kier alpha value is -4.15. The molecule has 0 aromatic heterocycles. The second kappa shape index (κ2) is 12.8. The van der Waals surface area contributed by atoms with Crippen molar-refractivity contribution in [3.8, 4) is 0 Å². The molecule has 1 aliphatic carbocycles. The van der Waals surface area contributed by atoms with Gasteiger partial charge in [0, 0.05) is 12.1 Å². The van der Waals surface area contributed by atoms with Crippen molar-refractivity contribution in [2.24, 2.45) is 0 Å². The summed E-state index contributed by atoms with van der Waals surface area (Å²) in [4.78, 5) is 49.6. The van der Waals surface area contributed by atoms with Crippen LogP contribution in [0.2, 0.25) is 10.0 Å². The maximum Gasteiger partial charge on any atom is 0.328 e. The summed E-state index contributed by atoms with van der Waals surface area (Å²) in [5.74, 6) is -3.30. The molecule has 0 radical (unpaired) electrons. The molecule has 0 fully saturated rings. The first-order valence-electron chi connectivity index (χ1n) is 12.3. The van der Waals surface area contributed by atoms with Crippen molar-refractivity contribution in [2.75, 3.05) is 6.54 Å².